The van der Waals surface area contributed by atoms with Crippen LogP contribution in [0.1, 0.15) is 226 Å². The zero-order valence-electron chi connectivity index (χ0n) is 40.8. The van der Waals surface area contributed by atoms with E-state index in [1.807, 2.05) is 0 Å². The van der Waals surface area contributed by atoms with Crippen molar-refractivity contribution in [2.24, 2.45) is 0 Å². The maximum Gasteiger partial charge on any atom is 0.306 e. The van der Waals surface area contributed by atoms with E-state index in [9.17, 15) is 14.4 Å². The molecule has 1 atom stereocenters. The Kier molecular flexibility index (Phi) is 48.0. The minimum absolute atomic E-state index is 0.0974. The lowest BCUT2D eigenvalue weighted by atomic mass is 10.1. The first-order valence-corrected chi connectivity index (χ1v) is 25.7. The van der Waals surface area contributed by atoms with Crippen molar-refractivity contribution < 1.29 is 28.6 Å². The summed E-state index contributed by atoms with van der Waals surface area (Å²) in [5, 5.41) is 0. The molecule has 0 aromatic heterocycles. The Morgan fingerprint density at radius 3 is 1.00 bits per heavy atom. The molecule has 6 nitrogen and oxygen atoms in total. The minimum atomic E-state index is -0.799. The van der Waals surface area contributed by atoms with Crippen LogP contribution >= 0.6 is 0 Å². The summed E-state index contributed by atoms with van der Waals surface area (Å²) in [4.78, 5) is 37.9. The highest BCUT2D eigenvalue weighted by Crippen LogP contribution is 2.13. The monoisotopic (exact) mass is 875 g/mol. The van der Waals surface area contributed by atoms with Crippen molar-refractivity contribution in [3.63, 3.8) is 0 Å². The fraction of sp³-hybridized carbons (Fsp3) is 0.667. The largest absolute Gasteiger partial charge is 0.462 e. The van der Waals surface area contributed by atoms with Crippen molar-refractivity contribution >= 4 is 17.9 Å². The van der Waals surface area contributed by atoms with Gasteiger partial charge in [-0.15, -0.1) is 0 Å². The predicted molar refractivity (Wildman–Crippen MR) is 270 cm³/mol. The van der Waals surface area contributed by atoms with Gasteiger partial charge >= 0.3 is 17.9 Å². The van der Waals surface area contributed by atoms with Crippen LogP contribution in [0.25, 0.3) is 0 Å². The van der Waals surface area contributed by atoms with Crippen molar-refractivity contribution in [3.05, 3.63) is 97.2 Å². The van der Waals surface area contributed by atoms with Crippen LogP contribution in [-0.2, 0) is 28.6 Å². The molecule has 358 valence electrons. The van der Waals surface area contributed by atoms with Crippen molar-refractivity contribution in [3.8, 4) is 0 Å². The van der Waals surface area contributed by atoms with Crippen molar-refractivity contribution in [2.75, 3.05) is 13.2 Å². The highest BCUT2D eigenvalue weighted by Gasteiger charge is 2.19. The summed E-state index contributed by atoms with van der Waals surface area (Å²) >= 11 is 0. The number of hydrogen-bond donors (Lipinski definition) is 0. The molecule has 0 fully saturated rings. The third-order valence-electron chi connectivity index (χ3n) is 10.6. The van der Waals surface area contributed by atoms with E-state index in [1.165, 1.54) is 57.8 Å². The van der Waals surface area contributed by atoms with Crippen LogP contribution < -0.4 is 0 Å². The van der Waals surface area contributed by atoms with Gasteiger partial charge in [0.15, 0.2) is 6.10 Å². The quantitative estimate of drug-likeness (QED) is 0.0262. The summed E-state index contributed by atoms with van der Waals surface area (Å²) in [6, 6.07) is 0. The van der Waals surface area contributed by atoms with Gasteiger partial charge in [-0.1, -0.05) is 195 Å². The Hall–Kier alpha value is -3.67. The number of esters is 3. The number of unbranched alkanes of at least 4 members (excludes halogenated alkanes) is 18. The average Bonchev–Trinajstić information content (AvgIpc) is 3.28. The summed E-state index contributed by atoms with van der Waals surface area (Å²) in [7, 11) is 0. The van der Waals surface area contributed by atoms with E-state index in [1.54, 1.807) is 0 Å². The lowest BCUT2D eigenvalue weighted by Gasteiger charge is -2.18. The van der Waals surface area contributed by atoms with Gasteiger partial charge < -0.3 is 14.2 Å². The van der Waals surface area contributed by atoms with E-state index in [-0.39, 0.29) is 37.5 Å². The van der Waals surface area contributed by atoms with Crippen LogP contribution in [0.2, 0.25) is 0 Å². The van der Waals surface area contributed by atoms with Crippen LogP contribution in [0.15, 0.2) is 97.2 Å². The van der Waals surface area contributed by atoms with Crippen LogP contribution in [0, 0.1) is 0 Å². The van der Waals surface area contributed by atoms with Gasteiger partial charge in [-0.2, -0.15) is 0 Å². The van der Waals surface area contributed by atoms with E-state index in [4.69, 9.17) is 14.2 Å². The Morgan fingerprint density at radius 1 is 0.333 bits per heavy atom. The molecule has 0 heterocycles. The van der Waals surface area contributed by atoms with Gasteiger partial charge in [-0.3, -0.25) is 14.4 Å². The molecule has 1 unspecified atom stereocenters. The number of hydrogen-bond acceptors (Lipinski definition) is 6. The van der Waals surface area contributed by atoms with Gasteiger partial charge in [0.1, 0.15) is 13.2 Å². The molecule has 6 heteroatoms. The summed E-state index contributed by atoms with van der Waals surface area (Å²) in [5.41, 5.74) is 0. The van der Waals surface area contributed by atoms with E-state index >= 15 is 0 Å². The normalized spacial score (nSPS) is 12.9. The van der Waals surface area contributed by atoms with Crippen LogP contribution in [0.5, 0.6) is 0 Å². The van der Waals surface area contributed by atoms with Crippen molar-refractivity contribution in [1.29, 1.82) is 0 Å². The van der Waals surface area contributed by atoms with Crippen LogP contribution in [0.3, 0.4) is 0 Å². The molecule has 0 aliphatic carbocycles. The maximum absolute atomic E-state index is 12.8. The summed E-state index contributed by atoms with van der Waals surface area (Å²) < 4.78 is 16.7. The Bertz CT molecular complexity index is 1280. The van der Waals surface area contributed by atoms with Crippen LogP contribution in [0.4, 0.5) is 0 Å². The third-order valence-corrected chi connectivity index (χ3v) is 10.6. The van der Waals surface area contributed by atoms with Gasteiger partial charge in [0.2, 0.25) is 0 Å². The molecule has 0 saturated heterocycles. The number of carbonyl (C=O) groups excluding carboxylic acids is 3. The van der Waals surface area contributed by atoms with Crippen molar-refractivity contribution in [1.82, 2.24) is 0 Å². The standard InChI is InChI=1S/C57H94O6/c1-4-7-10-13-16-19-22-24-25-26-27-28-29-30-31-33-35-38-41-44-47-50-56(59)62-53-54(52-61-55(58)49-46-43-40-37-34-21-18-15-12-9-6-3)63-57(60)51-48-45-42-39-36-32-23-20-17-14-11-8-5-2/h7-8,10-11,15-20,24-25,27-28,32,36,54H,4-6,9,12-14,21-23,26,29-31,33-35,37-53H2,1-3H3/b10-7-,11-8-,18-15-,19-16-,20-17-,25-24-,28-27-,36-32-. The fourth-order valence-electron chi connectivity index (χ4n) is 6.72. The topological polar surface area (TPSA) is 78.9 Å². The first kappa shape index (κ1) is 59.3. The molecular weight excluding hydrogens is 781 g/mol. The number of rotatable bonds is 45. The Morgan fingerprint density at radius 2 is 0.619 bits per heavy atom. The number of ether oxygens (including phenoxy) is 3. The van der Waals surface area contributed by atoms with Gasteiger partial charge in [0.05, 0.1) is 0 Å². The second kappa shape index (κ2) is 51.0. The highest BCUT2D eigenvalue weighted by molar-refractivity contribution is 5.71. The molecule has 63 heavy (non-hydrogen) atoms. The predicted octanol–water partition coefficient (Wildman–Crippen LogP) is 17.0. The smallest absolute Gasteiger partial charge is 0.306 e. The lowest BCUT2D eigenvalue weighted by molar-refractivity contribution is -0.167. The highest BCUT2D eigenvalue weighted by atomic mass is 16.6. The molecule has 0 aromatic carbocycles. The summed E-state index contributed by atoms with van der Waals surface area (Å²) in [6.45, 7) is 6.32. The number of allylic oxidation sites excluding steroid dienone is 16. The molecule has 0 aliphatic rings. The molecule has 0 aliphatic heterocycles. The average molecular weight is 875 g/mol. The van der Waals surface area contributed by atoms with E-state index < -0.39 is 6.10 Å². The van der Waals surface area contributed by atoms with Gasteiger partial charge in [-0.25, -0.2) is 0 Å². The van der Waals surface area contributed by atoms with Crippen molar-refractivity contribution in [2.45, 2.75) is 232 Å². The third kappa shape index (κ3) is 49.2. The second-order valence-corrected chi connectivity index (χ2v) is 16.7. The molecule has 0 bridgehead atoms. The Balaban J connectivity index is 4.38. The second-order valence-electron chi connectivity index (χ2n) is 16.7. The molecule has 0 spiro atoms. The zero-order valence-corrected chi connectivity index (χ0v) is 40.8. The van der Waals surface area contributed by atoms with Crippen LogP contribution in [-0.4, -0.2) is 37.2 Å². The molecule has 0 amide bonds. The molecule has 0 aromatic rings. The van der Waals surface area contributed by atoms with E-state index in [2.05, 4.69) is 118 Å². The zero-order chi connectivity index (χ0) is 45.8. The summed E-state index contributed by atoms with van der Waals surface area (Å²) in [6.07, 6.45) is 66.8. The minimum Gasteiger partial charge on any atom is -0.462 e. The first-order chi connectivity index (χ1) is 31.0. The molecule has 0 saturated carbocycles. The van der Waals surface area contributed by atoms with E-state index in [0.717, 1.165) is 128 Å². The maximum atomic E-state index is 12.8. The van der Waals surface area contributed by atoms with E-state index in [0.29, 0.717) is 12.8 Å². The number of carbonyl (C=O) groups is 3. The fourth-order valence-corrected chi connectivity index (χ4v) is 6.72. The summed E-state index contributed by atoms with van der Waals surface area (Å²) in [5.74, 6) is -0.949. The van der Waals surface area contributed by atoms with Gasteiger partial charge in [0, 0.05) is 19.3 Å². The molecule has 0 radical (unpaired) electrons. The molecule has 0 N–H and O–H groups in total. The Labute approximate surface area is 387 Å². The molecular formula is C57H94O6. The molecule has 0 rings (SSSR count). The van der Waals surface area contributed by atoms with Gasteiger partial charge in [0.25, 0.3) is 0 Å². The lowest BCUT2D eigenvalue weighted by Crippen LogP contribution is -2.30. The first-order valence-electron chi connectivity index (χ1n) is 25.7. The SMILES string of the molecule is CC/C=C\C/C=C\C/C=C\C/C=C\CCCCCCCCCCC(=O)OCC(COC(=O)CCCCCCC/C=C\CCCC)OC(=O)CCCCC/C=C\C/C=C\C/C=C\CC. The van der Waals surface area contributed by atoms with Gasteiger partial charge in [-0.05, 0) is 109 Å².